The van der Waals surface area contributed by atoms with E-state index in [4.69, 9.17) is 0 Å². The van der Waals surface area contributed by atoms with Crippen molar-refractivity contribution in [1.29, 1.82) is 5.26 Å². The van der Waals surface area contributed by atoms with Crippen molar-refractivity contribution in [2.75, 3.05) is 0 Å². The van der Waals surface area contributed by atoms with Crippen LogP contribution >= 0.6 is 15.9 Å². The third-order valence-corrected chi connectivity index (χ3v) is 5.54. The Kier molecular flexibility index (Phi) is 4.93. The highest BCUT2D eigenvalue weighted by Gasteiger charge is 2.20. The Hall–Kier alpha value is -2.10. The molecule has 0 heterocycles. The van der Waals surface area contributed by atoms with E-state index >= 15 is 0 Å². The quantitative estimate of drug-likeness (QED) is 0.798. The molecule has 0 aliphatic heterocycles. The molecule has 6 heteroatoms. The van der Waals surface area contributed by atoms with Crippen LogP contribution in [0.15, 0.2) is 50.7 Å². The number of sulfone groups is 1. The van der Waals surface area contributed by atoms with Gasteiger partial charge in [-0.2, -0.15) is 5.26 Å². The minimum atomic E-state index is -3.89. The van der Waals surface area contributed by atoms with E-state index in [1.54, 1.807) is 44.2 Å². The van der Waals surface area contributed by atoms with Crippen LogP contribution in [0, 0.1) is 25.2 Å². The lowest BCUT2D eigenvalue weighted by molar-refractivity contribution is 0.467. The number of benzene rings is 2. The van der Waals surface area contributed by atoms with E-state index in [1.807, 2.05) is 0 Å². The van der Waals surface area contributed by atoms with Gasteiger partial charge in [0.15, 0.2) is 0 Å². The van der Waals surface area contributed by atoms with Crippen LogP contribution in [0.25, 0.3) is 6.08 Å². The largest absolute Gasteiger partial charge is 0.507 e. The lowest BCUT2D eigenvalue weighted by Gasteiger charge is -2.07. The van der Waals surface area contributed by atoms with Gasteiger partial charge in [0.05, 0.1) is 4.90 Å². The van der Waals surface area contributed by atoms with Gasteiger partial charge in [-0.3, -0.25) is 0 Å². The molecule has 118 valence electrons. The molecular formula is C17H14BrNO3S. The maximum Gasteiger partial charge on any atom is 0.216 e. The first-order chi connectivity index (χ1) is 10.8. The molecule has 2 aromatic rings. The summed E-state index contributed by atoms with van der Waals surface area (Å²) in [6.45, 7) is 3.43. The lowest BCUT2D eigenvalue weighted by Crippen LogP contribution is -2.03. The van der Waals surface area contributed by atoms with Crippen LogP contribution in [0.1, 0.15) is 16.7 Å². The lowest BCUT2D eigenvalue weighted by atomic mass is 10.1. The average molecular weight is 392 g/mol. The van der Waals surface area contributed by atoms with Gasteiger partial charge < -0.3 is 5.11 Å². The van der Waals surface area contributed by atoms with E-state index < -0.39 is 9.84 Å². The first-order valence-electron chi connectivity index (χ1n) is 6.68. The summed E-state index contributed by atoms with van der Waals surface area (Å²) in [7, 11) is -3.89. The van der Waals surface area contributed by atoms with Crippen LogP contribution < -0.4 is 0 Å². The first kappa shape index (κ1) is 17.3. The third kappa shape index (κ3) is 3.63. The summed E-state index contributed by atoms with van der Waals surface area (Å²) < 4.78 is 25.9. The molecule has 4 nitrogen and oxygen atoms in total. The number of hydrogen-bond acceptors (Lipinski definition) is 4. The minimum absolute atomic E-state index is 0.0562. The van der Waals surface area contributed by atoms with Gasteiger partial charge >= 0.3 is 0 Å². The summed E-state index contributed by atoms with van der Waals surface area (Å²) in [5.41, 5.74) is 1.79. The van der Waals surface area contributed by atoms with Crippen LogP contribution in [-0.2, 0) is 9.84 Å². The second kappa shape index (κ2) is 6.57. The van der Waals surface area contributed by atoms with Crippen molar-refractivity contribution in [2.45, 2.75) is 18.7 Å². The summed E-state index contributed by atoms with van der Waals surface area (Å²) in [5, 5.41) is 19.1. The molecule has 0 saturated heterocycles. The molecule has 1 N–H and O–H groups in total. The Bertz CT molecular complexity index is 900. The number of nitriles is 1. The number of phenolic OH excluding ortho intramolecular Hbond substituents is 1. The molecule has 0 aliphatic rings. The van der Waals surface area contributed by atoms with E-state index in [-0.39, 0.29) is 15.6 Å². The maximum absolute atomic E-state index is 12.6. The van der Waals surface area contributed by atoms with Crippen LogP contribution in [0.3, 0.4) is 0 Å². The summed E-state index contributed by atoms with van der Waals surface area (Å²) in [4.78, 5) is -0.287. The zero-order valence-corrected chi connectivity index (χ0v) is 14.9. The van der Waals surface area contributed by atoms with Crippen molar-refractivity contribution < 1.29 is 13.5 Å². The maximum atomic E-state index is 12.6. The number of nitrogens with zero attached hydrogens (tertiary/aromatic N) is 1. The fourth-order valence-electron chi connectivity index (χ4n) is 2.13. The van der Waals surface area contributed by atoms with Gasteiger partial charge in [-0.15, -0.1) is 0 Å². The highest BCUT2D eigenvalue weighted by Crippen LogP contribution is 2.27. The number of phenols is 1. The highest BCUT2D eigenvalue weighted by molar-refractivity contribution is 9.10. The highest BCUT2D eigenvalue weighted by atomic mass is 79.9. The molecule has 2 rings (SSSR count). The molecule has 0 aromatic heterocycles. The smallest absolute Gasteiger partial charge is 0.216 e. The predicted molar refractivity (Wildman–Crippen MR) is 92.5 cm³/mol. The molecule has 0 atom stereocenters. The van der Waals surface area contributed by atoms with Crippen molar-refractivity contribution in [3.63, 3.8) is 0 Å². The Morgan fingerprint density at radius 3 is 2.17 bits per heavy atom. The number of allylic oxidation sites excluding steroid dienone is 1. The Labute approximate surface area is 143 Å². The molecule has 0 spiro atoms. The SMILES string of the molecule is Cc1cc(/C=C(\C#N)S(=O)(=O)c2ccc(Br)cc2)cc(C)c1O. The van der Waals surface area contributed by atoms with E-state index in [9.17, 15) is 18.8 Å². The summed E-state index contributed by atoms with van der Waals surface area (Å²) in [6, 6.07) is 11.1. The van der Waals surface area contributed by atoms with Gasteiger partial charge in [-0.1, -0.05) is 15.9 Å². The minimum Gasteiger partial charge on any atom is -0.507 e. The van der Waals surface area contributed by atoms with Gasteiger partial charge in [-0.25, -0.2) is 8.42 Å². The van der Waals surface area contributed by atoms with Crippen LogP contribution in [0.5, 0.6) is 5.75 Å². The first-order valence-corrected chi connectivity index (χ1v) is 8.96. The van der Waals surface area contributed by atoms with Gasteiger partial charge in [-0.05, 0) is 73.0 Å². The monoisotopic (exact) mass is 391 g/mol. The summed E-state index contributed by atoms with van der Waals surface area (Å²) in [6.07, 6.45) is 1.32. The van der Waals surface area contributed by atoms with E-state index in [0.717, 1.165) is 4.47 Å². The predicted octanol–water partition coefficient (Wildman–Crippen LogP) is 4.11. The molecule has 0 unspecified atom stereocenters. The van der Waals surface area contributed by atoms with Gasteiger partial charge in [0, 0.05) is 4.47 Å². The zero-order valence-electron chi connectivity index (χ0n) is 12.5. The van der Waals surface area contributed by atoms with E-state index in [0.29, 0.717) is 16.7 Å². The van der Waals surface area contributed by atoms with Crippen molar-refractivity contribution in [3.8, 4) is 11.8 Å². The van der Waals surface area contributed by atoms with Crippen LogP contribution in [0.4, 0.5) is 0 Å². The summed E-state index contributed by atoms with van der Waals surface area (Å²) in [5.74, 6) is 0.163. The normalized spacial score (nSPS) is 12.0. The van der Waals surface area contributed by atoms with E-state index in [2.05, 4.69) is 15.9 Å². The van der Waals surface area contributed by atoms with Crippen molar-refractivity contribution in [2.24, 2.45) is 0 Å². The van der Waals surface area contributed by atoms with Crippen LogP contribution in [0.2, 0.25) is 0 Å². The second-order valence-electron chi connectivity index (χ2n) is 5.08. The third-order valence-electron chi connectivity index (χ3n) is 3.33. The van der Waals surface area contributed by atoms with Crippen molar-refractivity contribution in [1.82, 2.24) is 0 Å². The number of aryl methyl sites for hydroxylation is 2. The second-order valence-corrected chi connectivity index (χ2v) is 7.91. The number of halogens is 1. The molecule has 0 amide bonds. The molecule has 0 saturated carbocycles. The molecule has 0 bridgehead atoms. The Morgan fingerprint density at radius 1 is 1.17 bits per heavy atom. The van der Waals surface area contributed by atoms with E-state index in [1.165, 1.54) is 18.2 Å². The fourth-order valence-corrected chi connectivity index (χ4v) is 3.56. The van der Waals surface area contributed by atoms with Crippen molar-refractivity contribution in [3.05, 3.63) is 62.5 Å². The zero-order chi connectivity index (χ0) is 17.2. The number of aromatic hydroxyl groups is 1. The average Bonchev–Trinajstić information content (AvgIpc) is 2.50. The van der Waals surface area contributed by atoms with Gasteiger partial charge in [0.2, 0.25) is 9.84 Å². The molecule has 23 heavy (non-hydrogen) atoms. The number of hydrogen-bond donors (Lipinski definition) is 1. The number of rotatable bonds is 3. The van der Waals surface area contributed by atoms with Gasteiger partial charge in [0.1, 0.15) is 16.7 Å². The summed E-state index contributed by atoms with van der Waals surface area (Å²) >= 11 is 3.24. The molecule has 2 aromatic carbocycles. The molecular weight excluding hydrogens is 378 g/mol. The topological polar surface area (TPSA) is 78.2 Å². The molecule has 0 aliphatic carbocycles. The standard InChI is InChI=1S/C17H14BrNO3S/c1-11-7-13(8-12(2)17(11)20)9-16(10-19)23(21,22)15-5-3-14(18)4-6-15/h3-9,20H,1-2H3/b16-9+. The fraction of sp³-hybridized carbons (Fsp3) is 0.118. The van der Waals surface area contributed by atoms with Crippen LogP contribution in [-0.4, -0.2) is 13.5 Å². The Morgan fingerprint density at radius 2 is 1.70 bits per heavy atom. The molecule has 0 fully saturated rings. The Balaban J connectivity index is 2.55. The van der Waals surface area contributed by atoms with Crippen molar-refractivity contribution >= 4 is 31.8 Å². The van der Waals surface area contributed by atoms with Gasteiger partial charge in [0.25, 0.3) is 0 Å². The molecule has 0 radical (unpaired) electrons.